The third-order valence-corrected chi connectivity index (χ3v) is 3.89. The summed E-state index contributed by atoms with van der Waals surface area (Å²) in [6.07, 6.45) is 6.71. The molecule has 2 rings (SSSR count). The molecule has 2 heterocycles. The van der Waals surface area contributed by atoms with E-state index < -0.39 is 0 Å². The summed E-state index contributed by atoms with van der Waals surface area (Å²) in [6, 6.07) is 0.774. The van der Waals surface area contributed by atoms with E-state index in [1.807, 2.05) is 0 Å². The summed E-state index contributed by atoms with van der Waals surface area (Å²) < 4.78 is 5.58. The second kappa shape index (κ2) is 5.13. The van der Waals surface area contributed by atoms with E-state index in [0.29, 0.717) is 0 Å². The van der Waals surface area contributed by atoms with Crippen LogP contribution in [0, 0.1) is 11.8 Å². The van der Waals surface area contributed by atoms with Crippen LogP contribution in [0.5, 0.6) is 0 Å². The van der Waals surface area contributed by atoms with E-state index in [2.05, 4.69) is 12.2 Å². The van der Waals surface area contributed by atoms with Gasteiger partial charge in [-0.25, -0.2) is 0 Å². The van der Waals surface area contributed by atoms with Crippen LogP contribution in [0.15, 0.2) is 0 Å². The molecule has 2 aliphatic rings. The molecule has 0 amide bonds. The molecule has 0 bridgehead atoms. The molecule has 0 aromatic carbocycles. The zero-order chi connectivity index (χ0) is 9.80. The van der Waals surface area contributed by atoms with E-state index in [0.717, 1.165) is 31.1 Å². The lowest BCUT2D eigenvalue weighted by molar-refractivity contribution is 0.0198. The van der Waals surface area contributed by atoms with Crippen molar-refractivity contribution in [3.05, 3.63) is 0 Å². The summed E-state index contributed by atoms with van der Waals surface area (Å²) in [7, 11) is 0. The Morgan fingerprint density at radius 3 is 2.93 bits per heavy atom. The monoisotopic (exact) mass is 197 g/mol. The minimum absolute atomic E-state index is 0.774. The molecule has 82 valence electrons. The Bertz CT molecular complexity index is 166. The van der Waals surface area contributed by atoms with Gasteiger partial charge in [0.05, 0.1) is 0 Å². The van der Waals surface area contributed by atoms with Crippen LogP contribution in [-0.4, -0.2) is 25.8 Å². The number of hydrogen-bond donors (Lipinski definition) is 1. The first-order chi connectivity index (χ1) is 6.90. The molecule has 3 atom stereocenters. The summed E-state index contributed by atoms with van der Waals surface area (Å²) in [6.45, 7) is 5.54. The Hall–Kier alpha value is -0.0800. The average molecular weight is 197 g/mol. The van der Waals surface area contributed by atoms with Gasteiger partial charge in [-0.15, -0.1) is 0 Å². The highest BCUT2D eigenvalue weighted by atomic mass is 16.5. The Labute approximate surface area is 87.4 Å². The summed E-state index contributed by atoms with van der Waals surface area (Å²) in [5, 5.41) is 3.60. The van der Waals surface area contributed by atoms with E-state index in [4.69, 9.17) is 4.74 Å². The van der Waals surface area contributed by atoms with Crippen LogP contribution in [0.25, 0.3) is 0 Å². The van der Waals surface area contributed by atoms with E-state index in [9.17, 15) is 0 Å². The third kappa shape index (κ3) is 2.48. The molecule has 2 fully saturated rings. The number of hydrogen-bond acceptors (Lipinski definition) is 2. The fraction of sp³-hybridized carbons (Fsp3) is 1.00. The van der Waals surface area contributed by atoms with Gasteiger partial charge in [0.1, 0.15) is 0 Å². The fourth-order valence-corrected chi connectivity index (χ4v) is 2.92. The largest absolute Gasteiger partial charge is 0.381 e. The number of nitrogens with one attached hydrogen (secondary N) is 1. The van der Waals surface area contributed by atoms with Gasteiger partial charge < -0.3 is 10.1 Å². The van der Waals surface area contributed by atoms with Crippen molar-refractivity contribution in [1.29, 1.82) is 0 Å². The zero-order valence-electron chi connectivity index (χ0n) is 9.30. The quantitative estimate of drug-likeness (QED) is 0.732. The predicted molar refractivity (Wildman–Crippen MR) is 58.3 cm³/mol. The predicted octanol–water partition coefficient (Wildman–Crippen LogP) is 2.19. The molecule has 0 aromatic rings. The summed E-state index contributed by atoms with van der Waals surface area (Å²) >= 11 is 0. The van der Waals surface area contributed by atoms with Crippen LogP contribution in [0.3, 0.4) is 0 Å². The maximum absolute atomic E-state index is 5.58. The zero-order valence-corrected chi connectivity index (χ0v) is 9.30. The molecule has 2 aliphatic heterocycles. The van der Waals surface area contributed by atoms with Gasteiger partial charge in [-0.05, 0) is 50.5 Å². The Morgan fingerprint density at radius 2 is 2.21 bits per heavy atom. The van der Waals surface area contributed by atoms with Crippen molar-refractivity contribution in [2.75, 3.05) is 19.8 Å². The van der Waals surface area contributed by atoms with Crippen molar-refractivity contribution in [2.45, 2.75) is 45.1 Å². The minimum atomic E-state index is 0.774. The van der Waals surface area contributed by atoms with Crippen LogP contribution in [-0.2, 0) is 4.74 Å². The van der Waals surface area contributed by atoms with Crippen LogP contribution in [0.1, 0.15) is 39.0 Å². The van der Waals surface area contributed by atoms with E-state index >= 15 is 0 Å². The molecule has 3 unspecified atom stereocenters. The van der Waals surface area contributed by atoms with Gasteiger partial charge in [0, 0.05) is 19.3 Å². The SMILES string of the molecule is CCC1CC(C2CCCOC2)CCN1. The van der Waals surface area contributed by atoms with Gasteiger partial charge in [-0.3, -0.25) is 0 Å². The maximum Gasteiger partial charge on any atom is 0.0496 e. The third-order valence-electron chi connectivity index (χ3n) is 3.89. The highest BCUT2D eigenvalue weighted by molar-refractivity contribution is 4.82. The first-order valence-corrected chi connectivity index (χ1v) is 6.21. The molecule has 0 saturated carbocycles. The van der Waals surface area contributed by atoms with Gasteiger partial charge in [-0.1, -0.05) is 6.92 Å². The molecule has 2 heteroatoms. The lowest BCUT2D eigenvalue weighted by Gasteiger charge is -2.36. The second-order valence-electron chi connectivity index (χ2n) is 4.82. The molecule has 0 radical (unpaired) electrons. The van der Waals surface area contributed by atoms with Crippen molar-refractivity contribution >= 4 is 0 Å². The standard InChI is InChI=1S/C12H23NO/c1-2-12-8-10(5-6-13-12)11-4-3-7-14-9-11/h10-13H,2-9H2,1H3. The topological polar surface area (TPSA) is 21.3 Å². The van der Waals surface area contributed by atoms with Gasteiger partial charge in [-0.2, -0.15) is 0 Å². The summed E-state index contributed by atoms with van der Waals surface area (Å²) in [5.74, 6) is 1.79. The molecular weight excluding hydrogens is 174 g/mol. The lowest BCUT2D eigenvalue weighted by Crippen LogP contribution is -2.41. The Morgan fingerprint density at radius 1 is 1.29 bits per heavy atom. The van der Waals surface area contributed by atoms with Gasteiger partial charge in [0.15, 0.2) is 0 Å². The van der Waals surface area contributed by atoms with E-state index in [1.165, 1.54) is 38.6 Å². The van der Waals surface area contributed by atoms with Crippen LogP contribution in [0.2, 0.25) is 0 Å². The highest BCUT2D eigenvalue weighted by Crippen LogP contribution is 2.30. The second-order valence-corrected chi connectivity index (χ2v) is 4.82. The lowest BCUT2D eigenvalue weighted by atomic mass is 9.79. The first kappa shape index (κ1) is 10.4. The normalized spacial score (nSPS) is 39.6. The first-order valence-electron chi connectivity index (χ1n) is 6.21. The van der Waals surface area contributed by atoms with Gasteiger partial charge >= 0.3 is 0 Å². The minimum Gasteiger partial charge on any atom is -0.381 e. The molecule has 2 saturated heterocycles. The molecule has 0 spiro atoms. The van der Waals surface area contributed by atoms with Crippen LogP contribution >= 0.6 is 0 Å². The summed E-state index contributed by atoms with van der Waals surface area (Å²) in [5.41, 5.74) is 0. The Balaban J connectivity index is 1.83. The van der Waals surface area contributed by atoms with Crippen molar-refractivity contribution in [3.63, 3.8) is 0 Å². The van der Waals surface area contributed by atoms with Crippen molar-refractivity contribution in [1.82, 2.24) is 5.32 Å². The van der Waals surface area contributed by atoms with Crippen LogP contribution in [0.4, 0.5) is 0 Å². The van der Waals surface area contributed by atoms with Crippen LogP contribution < -0.4 is 5.32 Å². The number of ether oxygens (including phenoxy) is 1. The van der Waals surface area contributed by atoms with Gasteiger partial charge in [0.2, 0.25) is 0 Å². The van der Waals surface area contributed by atoms with Crippen molar-refractivity contribution in [2.24, 2.45) is 11.8 Å². The molecule has 1 N–H and O–H groups in total. The molecule has 0 aliphatic carbocycles. The summed E-state index contributed by atoms with van der Waals surface area (Å²) in [4.78, 5) is 0. The molecule has 2 nitrogen and oxygen atoms in total. The molecule has 0 aromatic heterocycles. The average Bonchev–Trinajstić information content (AvgIpc) is 2.30. The highest BCUT2D eigenvalue weighted by Gasteiger charge is 2.28. The van der Waals surface area contributed by atoms with Gasteiger partial charge in [0.25, 0.3) is 0 Å². The fourth-order valence-electron chi connectivity index (χ4n) is 2.92. The Kier molecular flexibility index (Phi) is 3.82. The van der Waals surface area contributed by atoms with Crippen molar-refractivity contribution in [3.8, 4) is 0 Å². The maximum atomic E-state index is 5.58. The molecule has 14 heavy (non-hydrogen) atoms. The van der Waals surface area contributed by atoms with E-state index in [-0.39, 0.29) is 0 Å². The van der Waals surface area contributed by atoms with Crippen molar-refractivity contribution < 1.29 is 4.74 Å². The number of rotatable bonds is 2. The van der Waals surface area contributed by atoms with E-state index in [1.54, 1.807) is 0 Å². The molecular formula is C12H23NO. The smallest absolute Gasteiger partial charge is 0.0496 e. The number of piperidine rings is 1.